The molecule has 2 heterocycles. The van der Waals surface area contributed by atoms with Crippen molar-refractivity contribution in [2.75, 3.05) is 5.32 Å². The maximum absolute atomic E-state index is 14.0. The third-order valence-corrected chi connectivity index (χ3v) is 8.33. The Morgan fingerprint density at radius 1 is 0.897 bits per heavy atom. The molecule has 5 rings (SSSR count). The molecule has 0 saturated carbocycles. The zero-order valence-electron chi connectivity index (χ0n) is 21.0. The minimum atomic E-state index is -0.0586. The second-order valence-electron chi connectivity index (χ2n) is 8.82. The van der Waals surface area contributed by atoms with Crippen LogP contribution in [-0.4, -0.2) is 20.8 Å². The molecule has 0 spiro atoms. The van der Waals surface area contributed by atoms with E-state index >= 15 is 0 Å². The van der Waals surface area contributed by atoms with Crippen molar-refractivity contribution in [3.05, 3.63) is 130 Å². The Kier molecular flexibility index (Phi) is 8.84. The van der Waals surface area contributed by atoms with Crippen LogP contribution in [0.4, 0.5) is 10.9 Å². The number of carbonyl (C=O) groups is 1. The van der Waals surface area contributed by atoms with Crippen molar-refractivity contribution >= 4 is 63.2 Å². The van der Waals surface area contributed by atoms with Crippen LogP contribution >= 0.6 is 46.3 Å². The van der Waals surface area contributed by atoms with Crippen molar-refractivity contribution in [1.29, 1.82) is 0 Å². The Morgan fingerprint density at radius 2 is 1.62 bits per heavy atom. The third kappa shape index (κ3) is 7.40. The highest BCUT2D eigenvalue weighted by atomic mass is 35.5. The average Bonchev–Trinajstić information content (AvgIpc) is 3.36. The molecule has 1 N–H and O–H groups in total. The summed E-state index contributed by atoms with van der Waals surface area (Å²) in [5, 5.41) is 5.25. The minimum Gasteiger partial charge on any atom is -0.330 e. The number of hydrogen-bond donors (Lipinski definition) is 1. The number of benzene rings is 3. The van der Waals surface area contributed by atoms with Gasteiger partial charge in [-0.2, -0.15) is 0 Å². The Morgan fingerprint density at radius 3 is 2.26 bits per heavy atom. The van der Waals surface area contributed by atoms with Gasteiger partial charge in [0.1, 0.15) is 5.82 Å². The summed E-state index contributed by atoms with van der Waals surface area (Å²) in [6.45, 7) is 2.79. The maximum atomic E-state index is 14.0. The highest BCUT2D eigenvalue weighted by Crippen LogP contribution is 2.36. The molecule has 0 radical (unpaired) electrons. The van der Waals surface area contributed by atoms with Crippen molar-refractivity contribution in [3.8, 4) is 0 Å². The lowest BCUT2D eigenvalue weighted by molar-refractivity contribution is 0.0729. The van der Waals surface area contributed by atoms with Crippen LogP contribution in [0.1, 0.15) is 27.0 Å². The SMILES string of the molecule is Cc1ccc(Sc2cnc(Nc3ccccn3)s2)cc1C(=O)N(Cc1cccc(Cl)c1)Cc1cccc(Cl)c1. The van der Waals surface area contributed by atoms with Gasteiger partial charge in [0.05, 0.1) is 10.4 Å². The Balaban J connectivity index is 1.38. The summed E-state index contributed by atoms with van der Waals surface area (Å²) in [5.41, 5.74) is 3.48. The van der Waals surface area contributed by atoms with Crippen LogP contribution in [0.5, 0.6) is 0 Å². The number of nitrogens with zero attached hydrogens (tertiary/aromatic N) is 3. The lowest BCUT2D eigenvalue weighted by atomic mass is 10.1. The number of amides is 1. The van der Waals surface area contributed by atoms with Gasteiger partial charge >= 0.3 is 0 Å². The van der Waals surface area contributed by atoms with Crippen LogP contribution < -0.4 is 5.32 Å². The summed E-state index contributed by atoms with van der Waals surface area (Å²) >= 11 is 15.6. The number of anilines is 2. The zero-order valence-corrected chi connectivity index (χ0v) is 24.1. The first-order chi connectivity index (χ1) is 18.9. The van der Waals surface area contributed by atoms with Gasteiger partial charge in [-0.1, -0.05) is 82.7 Å². The van der Waals surface area contributed by atoms with E-state index in [0.717, 1.165) is 36.7 Å². The molecule has 0 saturated heterocycles. The summed E-state index contributed by atoms with van der Waals surface area (Å²) in [6.07, 6.45) is 3.56. The highest BCUT2D eigenvalue weighted by Gasteiger charge is 2.20. The van der Waals surface area contributed by atoms with Gasteiger partial charge in [0.2, 0.25) is 0 Å². The molecule has 0 bridgehead atoms. The summed E-state index contributed by atoms with van der Waals surface area (Å²) in [6, 6.07) is 26.8. The van der Waals surface area contributed by atoms with Gasteiger partial charge in [-0.3, -0.25) is 4.79 Å². The normalized spacial score (nSPS) is 10.8. The summed E-state index contributed by atoms with van der Waals surface area (Å²) in [7, 11) is 0. The van der Waals surface area contributed by atoms with Crippen LogP contribution in [0.25, 0.3) is 0 Å². The predicted molar refractivity (Wildman–Crippen MR) is 161 cm³/mol. The van der Waals surface area contributed by atoms with Gasteiger partial charge in [-0.05, 0) is 72.1 Å². The number of pyridine rings is 1. The van der Waals surface area contributed by atoms with Crippen LogP contribution in [0, 0.1) is 6.92 Å². The summed E-state index contributed by atoms with van der Waals surface area (Å²) in [5.74, 6) is 0.683. The molecule has 39 heavy (non-hydrogen) atoms. The first kappa shape index (κ1) is 27.2. The molecule has 196 valence electrons. The summed E-state index contributed by atoms with van der Waals surface area (Å²) < 4.78 is 1.00. The van der Waals surface area contributed by atoms with Crippen molar-refractivity contribution in [2.45, 2.75) is 29.1 Å². The van der Waals surface area contributed by atoms with E-state index in [4.69, 9.17) is 23.2 Å². The second kappa shape index (κ2) is 12.7. The van der Waals surface area contributed by atoms with Crippen LogP contribution in [0.3, 0.4) is 0 Å². The number of aromatic nitrogens is 2. The monoisotopic (exact) mass is 590 g/mol. The summed E-state index contributed by atoms with van der Waals surface area (Å²) in [4.78, 5) is 25.5. The molecular formula is C30H24Cl2N4OS2. The van der Waals surface area contributed by atoms with Crippen molar-refractivity contribution in [1.82, 2.24) is 14.9 Å². The number of aryl methyl sites for hydroxylation is 1. The van der Waals surface area contributed by atoms with Crippen LogP contribution in [0.2, 0.25) is 10.0 Å². The number of thiazole rings is 1. The van der Waals surface area contributed by atoms with Crippen molar-refractivity contribution in [2.24, 2.45) is 0 Å². The lowest BCUT2D eigenvalue weighted by Gasteiger charge is -2.24. The number of rotatable bonds is 9. The van der Waals surface area contributed by atoms with Gasteiger partial charge in [-0.25, -0.2) is 9.97 Å². The van der Waals surface area contributed by atoms with Gasteiger partial charge < -0.3 is 10.2 Å². The fourth-order valence-electron chi connectivity index (χ4n) is 4.00. The van der Waals surface area contributed by atoms with E-state index in [0.29, 0.717) is 28.7 Å². The maximum Gasteiger partial charge on any atom is 0.254 e. The van der Waals surface area contributed by atoms with Gasteiger partial charge in [0.15, 0.2) is 5.13 Å². The molecule has 3 aromatic carbocycles. The van der Waals surface area contributed by atoms with E-state index in [-0.39, 0.29) is 5.91 Å². The fraction of sp³-hybridized carbons (Fsp3) is 0.100. The number of carbonyl (C=O) groups excluding carboxylic acids is 1. The number of nitrogens with one attached hydrogen (secondary N) is 1. The molecule has 0 atom stereocenters. The lowest BCUT2D eigenvalue weighted by Crippen LogP contribution is -2.30. The van der Waals surface area contributed by atoms with Gasteiger partial charge in [-0.15, -0.1) is 0 Å². The zero-order chi connectivity index (χ0) is 27.2. The molecule has 0 fully saturated rings. The molecule has 5 nitrogen and oxygen atoms in total. The molecular weight excluding hydrogens is 567 g/mol. The van der Waals surface area contributed by atoms with Crippen LogP contribution in [-0.2, 0) is 13.1 Å². The van der Waals surface area contributed by atoms with E-state index in [1.807, 2.05) is 103 Å². The van der Waals surface area contributed by atoms with Crippen molar-refractivity contribution in [3.63, 3.8) is 0 Å². The molecule has 0 unspecified atom stereocenters. The predicted octanol–water partition coefficient (Wildman–Crippen LogP) is 8.89. The molecule has 2 aromatic heterocycles. The molecule has 1 amide bonds. The Hall–Kier alpha value is -3.36. The largest absolute Gasteiger partial charge is 0.330 e. The first-order valence-corrected chi connectivity index (χ1v) is 14.5. The second-order valence-corrected chi connectivity index (χ2v) is 12.1. The number of halogens is 2. The topological polar surface area (TPSA) is 58.1 Å². The smallest absolute Gasteiger partial charge is 0.254 e. The van der Waals surface area contributed by atoms with E-state index in [1.165, 1.54) is 11.3 Å². The first-order valence-electron chi connectivity index (χ1n) is 12.1. The number of hydrogen-bond acceptors (Lipinski definition) is 6. The quantitative estimate of drug-likeness (QED) is 0.186. The van der Waals surface area contributed by atoms with E-state index in [1.54, 1.807) is 18.0 Å². The standard InChI is InChI=1S/C30H24Cl2N4OS2/c1-20-11-12-25(38-28-17-34-30(39-28)35-27-10-2-3-13-33-27)16-26(20)29(37)36(18-21-6-4-8-23(31)14-21)19-22-7-5-9-24(32)15-22/h2-17H,18-19H2,1H3,(H,33,34,35). The van der Waals surface area contributed by atoms with Gasteiger partial charge in [0.25, 0.3) is 5.91 Å². The molecule has 9 heteroatoms. The Labute approximate surface area is 245 Å². The highest BCUT2D eigenvalue weighted by molar-refractivity contribution is 8.01. The van der Waals surface area contributed by atoms with E-state index in [2.05, 4.69) is 15.3 Å². The third-order valence-electron chi connectivity index (χ3n) is 5.85. The average molecular weight is 592 g/mol. The molecule has 0 aliphatic rings. The van der Waals surface area contributed by atoms with Crippen LogP contribution in [0.15, 0.2) is 106 Å². The van der Waals surface area contributed by atoms with Crippen molar-refractivity contribution < 1.29 is 4.79 Å². The fourth-order valence-corrected chi connectivity index (χ4v) is 6.33. The minimum absolute atomic E-state index is 0.0586. The molecule has 5 aromatic rings. The Bertz CT molecular complexity index is 1550. The molecule has 0 aliphatic heterocycles. The molecule has 0 aliphatic carbocycles. The van der Waals surface area contributed by atoms with Gasteiger partial charge in [0, 0.05) is 39.8 Å². The van der Waals surface area contributed by atoms with E-state index in [9.17, 15) is 4.79 Å². The van der Waals surface area contributed by atoms with E-state index < -0.39 is 0 Å².